The highest BCUT2D eigenvalue weighted by Gasteiger charge is 2.24. The average Bonchev–Trinajstić information content (AvgIpc) is 1.86. The molecule has 0 aromatic carbocycles. The van der Waals surface area contributed by atoms with Crippen molar-refractivity contribution in [3.8, 4) is 0 Å². The van der Waals surface area contributed by atoms with Crippen molar-refractivity contribution in [2.45, 2.75) is 24.5 Å². The minimum absolute atomic E-state index is 0.438. The van der Waals surface area contributed by atoms with Gasteiger partial charge in [-0.1, -0.05) is 17.7 Å². The quantitative estimate of drug-likeness (QED) is 0.628. The van der Waals surface area contributed by atoms with Crippen LogP contribution in [-0.2, 0) is 9.05 Å². The van der Waals surface area contributed by atoms with E-state index < -0.39 is 14.3 Å². The molecule has 0 fully saturated rings. The second kappa shape index (κ2) is 3.33. The third-order valence-electron chi connectivity index (χ3n) is 1.71. The van der Waals surface area contributed by atoms with E-state index in [1.165, 1.54) is 0 Å². The van der Waals surface area contributed by atoms with E-state index in [4.69, 9.17) is 22.3 Å². The first-order chi connectivity index (χ1) is 5.00. The van der Waals surface area contributed by atoms with Crippen LogP contribution in [0.4, 0.5) is 0 Å². The fourth-order valence-corrected chi connectivity index (χ4v) is 2.44. The van der Waals surface area contributed by atoms with Crippen LogP contribution in [0, 0.1) is 0 Å². The Labute approximate surface area is 75.6 Å². The van der Waals surface area contributed by atoms with Gasteiger partial charge in [-0.2, -0.15) is 0 Å². The average molecular weight is 215 g/mol. The van der Waals surface area contributed by atoms with Gasteiger partial charge in [0.05, 0.1) is 5.25 Å². The molecular formula is C6H8Cl2O2S. The zero-order valence-electron chi connectivity index (χ0n) is 5.76. The Hall–Kier alpha value is 0.270. The van der Waals surface area contributed by atoms with Crippen LogP contribution in [0.5, 0.6) is 0 Å². The van der Waals surface area contributed by atoms with Gasteiger partial charge in [-0.3, -0.25) is 0 Å². The fourth-order valence-electron chi connectivity index (χ4n) is 1.03. The number of rotatable bonds is 1. The van der Waals surface area contributed by atoms with Crippen LogP contribution < -0.4 is 0 Å². The van der Waals surface area contributed by atoms with E-state index in [9.17, 15) is 8.42 Å². The topological polar surface area (TPSA) is 34.1 Å². The van der Waals surface area contributed by atoms with Crippen LogP contribution in [0.2, 0.25) is 0 Å². The highest BCUT2D eigenvalue weighted by molar-refractivity contribution is 8.14. The SMILES string of the molecule is O=S(=O)(Cl)C1CC=C(Cl)CC1. The van der Waals surface area contributed by atoms with Crippen molar-refractivity contribution in [1.82, 2.24) is 0 Å². The summed E-state index contributed by atoms with van der Waals surface area (Å²) in [6, 6.07) is 0. The van der Waals surface area contributed by atoms with E-state index >= 15 is 0 Å². The lowest BCUT2D eigenvalue weighted by atomic mass is 10.1. The molecule has 1 atom stereocenters. The smallest absolute Gasteiger partial charge is 0.212 e. The largest absolute Gasteiger partial charge is 0.235 e. The summed E-state index contributed by atoms with van der Waals surface area (Å²) in [5.41, 5.74) is 0. The lowest BCUT2D eigenvalue weighted by Gasteiger charge is -2.15. The van der Waals surface area contributed by atoms with Crippen molar-refractivity contribution < 1.29 is 8.42 Å². The van der Waals surface area contributed by atoms with Gasteiger partial charge in [0.25, 0.3) is 0 Å². The molecule has 0 saturated carbocycles. The molecule has 0 aliphatic heterocycles. The maximum atomic E-state index is 10.8. The molecule has 64 valence electrons. The first-order valence-corrected chi connectivity index (χ1v) is 6.03. The Balaban J connectivity index is 2.69. The molecule has 0 heterocycles. The molecule has 0 amide bonds. The highest BCUT2D eigenvalue weighted by atomic mass is 35.7. The van der Waals surface area contributed by atoms with Crippen LogP contribution >= 0.6 is 22.3 Å². The van der Waals surface area contributed by atoms with Crippen molar-refractivity contribution in [3.63, 3.8) is 0 Å². The van der Waals surface area contributed by atoms with Crippen molar-refractivity contribution in [1.29, 1.82) is 0 Å². The first kappa shape index (κ1) is 9.36. The lowest BCUT2D eigenvalue weighted by Crippen LogP contribution is -2.17. The van der Waals surface area contributed by atoms with Crippen LogP contribution in [0.25, 0.3) is 0 Å². The summed E-state index contributed by atoms with van der Waals surface area (Å²) < 4.78 is 21.6. The molecule has 0 spiro atoms. The predicted octanol–water partition coefficient (Wildman–Crippen LogP) is 2.23. The van der Waals surface area contributed by atoms with E-state index in [0.29, 0.717) is 19.3 Å². The summed E-state index contributed by atoms with van der Waals surface area (Å²) in [6.07, 6.45) is 3.33. The fraction of sp³-hybridized carbons (Fsp3) is 0.667. The number of allylic oxidation sites excluding steroid dienone is 2. The molecule has 0 radical (unpaired) electrons. The van der Waals surface area contributed by atoms with Crippen LogP contribution in [0.15, 0.2) is 11.1 Å². The van der Waals surface area contributed by atoms with Gasteiger partial charge in [-0.05, 0) is 19.3 Å². The standard InChI is InChI=1S/C6H8Cl2O2S/c7-5-1-3-6(4-2-5)11(8,9)10/h1,6H,2-4H2. The van der Waals surface area contributed by atoms with E-state index in [-0.39, 0.29) is 0 Å². The van der Waals surface area contributed by atoms with Gasteiger partial charge >= 0.3 is 0 Å². The minimum Gasteiger partial charge on any atom is -0.212 e. The van der Waals surface area contributed by atoms with Crippen LogP contribution in [0.1, 0.15) is 19.3 Å². The molecular weight excluding hydrogens is 207 g/mol. The second-order valence-corrected chi connectivity index (χ2v) is 5.92. The number of hydrogen-bond donors (Lipinski definition) is 0. The van der Waals surface area contributed by atoms with Crippen molar-refractivity contribution in [3.05, 3.63) is 11.1 Å². The van der Waals surface area contributed by atoms with E-state index in [0.717, 1.165) is 5.03 Å². The van der Waals surface area contributed by atoms with Crippen molar-refractivity contribution >= 4 is 31.3 Å². The number of hydrogen-bond acceptors (Lipinski definition) is 2. The maximum absolute atomic E-state index is 10.8. The normalized spacial score (nSPS) is 26.4. The first-order valence-electron chi connectivity index (χ1n) is 3.28. The molecule has 0 N–H and O–H groups in total. The molecule has 0 saturated heterocycles. The molecule has 1 aliphatic carbocycles. The predicted molar refractivity (Wildman–Crippen MR) is 46.3 cm³/mol. The van der Waals surface area contributed by atoms with Crippen molar-refractivity contribution in [2.75, 3.05) is 0 Å². The Morgan fingerprint density at radius 1 is 1.55 bits per heavy atom. The van der Waals surface area contributed by atoms with Crippen LogP contribution in [-0.4, -0.2) is 13.7 Å². The summed E-state index contributed by atoms with van der Waals surface area (Å²) in [7, 11) is 1.78. The monoisotopic (exact) mass is 214 g/mol. The lowest BCUT2D eigenvalue weighted by molar-refractivity contribution is 0.581. The molecule has 2 nitrogen and oxygen atoms in total. The molecule has 1 unspecified atom stereocenters. The summed E-state index contributed by atoms with van der Waals surface area (Å²) in [6.45, 7) is 0. The third-order valence-corrected chi connectivity index (χ3v) is 4.03. The van der Waals surface area contributed by atoms with E-state index in [1.54, 1.807) is 6.08 Å². The number of halogens is 2. The summed E-state index contributed by atoms with van der Waals surface area (Å²) in [4.78, 5) is 0. The van der Waals surface area contributed by atoms with E-state index in [2.05, 4.69) is 0 Å². The summed E-state index contributed by atoms with van der Waals surface area (Å²) in [5.74, 6) is 0. The Morgan fingerprint density at radius 2 is 2.18 bits per heavy atom. The third kappa shape index (κ3) is 2.65. The zero-order valence-corrected chi connectivity index (χ0v) is 8.09. The van der Waals surface area contributed by atoms with Crippen molar-refractivity contribution in [2.24, 2.45) is 0 Å². The van der Waals surface area contributed by atoms with Gasteiger partial charge in [0.2, 0.25) is 9.05 Å². The Bertz CT molecular complexity index is 268. The summed E-state index contributed by atoms with van der Waals surface area (Å²) >= 11 is 5.66. The van der Waals surface area contributed by atoms with Gasteiger partial charge in [0, 0.05) is 15.7 Å². The van der Waals surface area contributed by atoms with Gasteiger partial charge < -0.3 is 0 Å². The van der Waals surface area contributed by atoms with Crippen LogP contribution in [0.3, 0.4) is 0 Å². The van der Waals surface area contributed by atoms with Gasteiger partial charge in [-0.15, -0.1) is 0 Å². The summed E-state index contributed by atoms with van der Waals surface area (Å²) in [5, 5.41) is 0.299. The van der Waals surface area contributed by atoms with Gasteiger partial charge in [-0.25, -0.2) is 8.42 Å². The molecule has 11 heavy (non-hydrogen) atoms. The molecule has 0 aromatic rings. The van der Waals surface area contributed by atoms with Gasteiger partial charge in [0.15, 0.2) is 0 Å². The Kier molecular flexibility index (Phi) is 2.84. The molecule has 0 bridgehead atoms. The molecule has 1 rings (SSSR count). The zero-order chi connectivity index (χ0) is 8.48. The molecule has 1 aliphatic rings. The van der Waals surface area contributed by atoms with Gasteiger partial charge in [0.1, 0.15) is 0 Å². The minimum atomic E-state index is -3.38. The molecule has 0 aromatic heterocycles. The molecule has 5 heteroatoms. The Morgan fingerprint density at radius 3 is 2.55 bits per heavy atom. The maximum Gasteiger partial charge on any atom is 0.235 e. The highest BCUT2D eigenvalue weighted by Crippen LogP contribution is 2.27. The second-order valence-electron chi connectivity index (χ2n) is 2.52. The van der Waals surface area contributed by atoms with E-state index in [1.807, 2.05) is 0 Å².